The molecule has 0 radical (unpaired) electrons. The van der Waals surface area contributed by atoms with Crippen LogP contribution in [-0.2, 0) is 11.3 Å². The second kappa shape index (κ2) is 6.98. The summed E-state index contributed by atoms with van der Waals surface area (Å²) >= 11 is 0. The van der Waals surface area contributed by atoms with Crippen LogP contribution >= 0.6 is 0 Å². The molecule has 0 saturated heterocycles. The number of carbonyl (C=O) groups is 1. The third-order valence-corrected chi connectivity index (χ3v) is 2.61. The van der Waals surface area contributed by atoms with Gasteiger partial charge in [0.1, 0.15) is 12.7 Å². The number of hydrogen-bond donors (Lipinski definition) is 1. The van der Waals surface area contributed by atoms with E-state index in [0.29, 0.717) is 12.5 Å². The zero-order chi connectivity index (χ0) is 11.8. The van der Waals surface area contributed by atoms with Crippen LogP contribution < -0.4 is 5.32 Å². The van der Waals surface area contributed by atoms with Crippen LogP contribution in [0.5, 0.6) is 0 Å². The molecule has 0 spiro atoms. The van der Waals surface area contributed by atoms with Crippen LogP contribution in [0, 0.1) is 0 Å². The van der Waals surface area contributed by atoms with Crippen molar-refractivity contribution < 1.29 is 4.79 Å². The molecule has 1 heterocycles. The summed E-state index contributed by atoms with van der Waals surface area (Å²) in [6, 6.07) is 0.318. The van der Waals surface area contributed by atoms with E-state index >= 15 is 0 Å². The molecule has 5 heteroatoms. The Hall–Kier alpha value is -1.39. The van der Waals surface area contributed by atoms with Crippen LogP contribution in [0.15, 0.2) is 12.7 Å². The van der Waals surface area contributed by atoms with Gasteiger partial charge in [-0.05, 0) is 19.3 Å². The van der Waals surface area contributed by atoms with E-state index in [1.165, 1.54) is 6.33 Å². The van der Waals surface area contributed by atoms with E-state index < -0.39 is 0 Å². The Balaban J connectivity index is 2.15. The summed E-state index contributed by atoms with van der Waals surface area (Å²) in [5.74, 6) is 0.133. The predicted octanol–water partition coefficient (Wildman–Crippen LogP) is 1.36. The van der Waals surface area contributed by atoms with Crippen LogP contribution in [0.3, 0.4) is 0 Å². The Labute approximate surface area is 96.3 Å². The quantitative estimate of drug-likeness (QED) is 0.760. The summed E-state index contributed by atoms with van der Waals surface area (Å²) in [6.07, 6.45) is 6.51. The van der Waals surface area contributed by atoms with Crippen molar-refractivity contribution in [2.45, 2.75) is 52.1 Å². The number of rotatable bonds is 7. The van der Waals surface area contributed by atoms with Crippen LogP contribution in [0.4, 0.5) is 0 Å². The molecule has 16 heavy (non-hydrogen) atoms. The van der Waals surface area contributed by atoms with Gasteiger partial charge >= 0.3 is 0 Å². The molecule has 1 aromatic rings. The molecule has 0 saturated carbocycles. The minimum atomic E-state index is 0.133. The molecular formula is C11H20N4O. The number of hydrogen-bond acceptors (Lipinski definition) is 3. The van der Waals surface area contributed by atoms with Gasteiger partial charge in [-0.2, -0.15) is 5.10 Å². The Morgan fingerprint density at radius 3 is 2.75 bits per heavy atom. The Morgan fingerprint density at radius 1 is 1.44 bits per heavy atom. The van der Waals surface area contributed by atoms with E-state index in [9.17, 15) is 4.79 Å². The molecular weight excluding hydrogens is 204 g/mol. The molecule has 0 aliphatic rings. The lowest BCUT2D eigenvalue weighted by Gasteiger charge is -2.14. The summed E-state index contributed by atoms with van der Waals surface area (Å²) in [7, 11) is 0. The van der Waals surface area contributed by atoms with Crippen molar-refractivity contribution in [3.05, 3.63) is 12.7 Å². The molecule has 1 aromatic heterocycles. The molecule has 0 bridgehead atoms. The summed E-state index contributed by atoms with van der Waals surface area (Å²) < 4.78 is 1.74. The molecule has 0 aliphatic heterocycles. The molecule has 0 fully saturated rings. The number of aryl methyl sites for hydroxylation is 1. The average molecular weight is 224 g/mol. The van der Waals surface area contributed by atoms with Crippen LogP contribution in [0.2, 0.25) is 0 Å². The van der Waals surface area contributed by atoms with Gasteiger partial charge < -0.3 is 5.32 Å². The lowest BCUT2D eigenvalue weighted by atomic mass is 10.1. The lowest BCUT2D eigenvalue weighted by Crippen LogP contribution is -2.33. The van der Waals surface area contributed by atoms with Gasteiger partial charge in [0.15, 0.2) is 0 Å². The van der Waals surface area contributed by atoms with Gasteiger partial charge in [0, 0.05) is 19.0 Å². The highest BCUT2D eigenvalue weighted by atomic mass is 16.1. The van der Waals surface area contributed by atoms with E-state index in [0.717, 1.165) is 25.8 Å². The van der Waals surface area contributed by atoms with Crippen molar-refractivity contribution in [3.8, 4) is 0 Å². The maximum atomic E-state index is 11.5. The predicted molar refractivity (Wildman–Crippen MR) is 61.8 cm³/mol. The third-order valence-electron chi connectivity index (χ3n) is 2.61. The molecule has 1 amide bonds. The Kier molecular flexibility index (Phi) is 5.53. The summed E-state index contributed by atoms with van der Waals surface area (Å²) in [4.78, 5) is 15.4. The normalized spacial score (nSPS) is 10.7. The van der Waals surface area contributed by atoms with Crippen molar-refractivity contribution in [3.63, 3.8) is 0 Å². The second-order valence-corrected chi connectivity index (χ2v) is 3.84. The number of nitrogens with one attached hydrogen (secondary N) is 1. The summed E-state index contributed by atoms with van der Waals surface area (Å²) in [6.45, 7) is 4.92. The fourth-order valence-corrected chi connectivity index (χ4v) is 1.54. The van der Waals surface area contributed by atoms with Gasteiger partial charge in [-0.1, -0.05) is 13.8 Å². The van der Waals surface area contributed by atoms with E-state index in [1.54, 1.807) is 11.0 Å². The minimum absolute atomic E-state index is 0.133. The number of aromatic nitrogens is 3. The van der Waals surface area contributed by atoms with Crippen molar-refractivity contribution >= 4 is 5.91 Å². The SMILES string of the molecule is CCC(CC)NC(=O)CCCn1cncn1. The van der Waals surface area contributed by atoms with Gasteiger partial charge in [0.2, 0.25) is 5.91 Å². The topological polar surface area (TPSA) is 59.8 Å². The molecule has 90 valence electrons. The first kappa shape index (κ1) is 12.7. The van der Waals surface area contributed by atoms with Crippen LogP contribution in [-0.4, -0.2) is 26.7 Å². The van der Waals surface area contributed by atoms with E-state index in [1.807, 2.05) is 0 Å². The highest BCUT2D eigenvalue weighted by Gasteiger charge is 2.07. The molecule has 1 N–H and O–H groups in total. The van der Waals surface area contributed by atoms with Gasteiger partial charge in [0.25, 0.3) is 0 Å². The van der Waals surface area contributed by atoms with Gasteiger partial charge in [-0.3, -0.25) is 9.48 Å². The van der Waals surface area contributed by atoms with Crippen LogP contribution in [0.25, 0.3) is 0 Å². The first-order chi connectivity index (χ1) is 7.76. The van der Waals surface area contributed by atoms with E-state index in [4.69, 9.17) is 0 Å². The summed E-state index contributed by atoms with van der Waals surface area (Å²) in [5.41, 5.74) is 0. The molecule has 5 nitrogen and oxygen atoms in total. The maximum Gasteiger partial charge on any atom is 0.220 e. The average Bonchev–Trinajstić information content (AvgIpc) is 2.79. The minimum Gasteiger partial charge on any atom is -0.353 e. The third kappa shape index (κ3) is 4.42. The van der Waals surface area contributed by atoms with Crippen molar-refractivity contribution in [2.75, 3.05) is 0 Å². The zero-order valence-corrected chi connectivity index (χ0v) is 10.0. The molecule has 0 aromatic carbocycles. The van der Waals surface area contributed by atoms with Crippen molar-refractivity contribution in [1.29, 1.82) is 0 Å². The Bertz CT molecular complexity index is 293. The number of nitrogens with zero attached hydrogens (tertiary/aromatic N) is 3. The summed E-state index contributed by atoms with van der Waals surface area (Å²) in [5, 5.41) is 6.99. The first-order valence-electron chi connectivity index (χ1n) is 5.88. The molecule has 1 rings (SSSR count). The first-order valence-corrected chi connectivity index (χ1v) is 5.88. The molecule has 0 atom stereocenters. The molecule has 0 unspecified atom stereocenters. The number of carbonyl (C=O) groups excluding carboxylic acids is 1. The zero-order valence-electron chi connectivity index (χ0n) is 10.0. The Morgan fingerprint density at radius 2 is 2.19 bits per heavy atom. The van der Waals surface area contributed by atoms with E-state index in [-0.39, 0.29) is 5.91 Å². The monoisotopic (exact) mass is 224 g/mol. The second-order valence-electron chi connectivity index (χ2n) is 3.84. The highest BCUT2D eigenvalue weighted by molar-refractivity contribution is 5.76. The fraction of sp³-hybridized carbons (Fsp3) is 0.727. The molecule has 0 aliphatic carbocycles. The lowest BCUT2D eigenvalue weighted by molar-refractivity contribution is -0.122. The largest absolute Gasteiger partial charge is 0.353 e. The standard InChI is InChI=1S/C11H20N4O/c1-3-10(4-2)14-11(16)6-5-7-15-9-12-8-13-15/h8-10H,3-7H2,1-2H3,(H,14,16). The smallest absolute Gasteiger partial charge is 0.220 e. The fourth-order valence-electron chi connectivity index (χ4n) is 1.54. The maximum absolute atomic E-state index is 11.5. The van der Waals surface area contributed by atoms with Gasteiger partial charge in [0.05, 0.1) is 0 Å². The van der Waals surface area contributed by atoms with Crippen molar-refractivity contribution in [1.82, 2.24) is 20.1 Å². The van der Waals surface area contributed by atoms with Gasteiger partial charge in [-0.25, -0.2) is 4.98 Å². The van der Waals surface area contributed by atoms with Gasteiger partial charge in [-0.15, -0.1) is 0 Å². The van der Waals surface area contributed by atoms with E-state index in [2.05, 4.69) is 29.2 Å². The highest BCUT2D eigenvalue weighted by Crippen LogP contribution is 1.99. The van der Waals surface area contributed by atoms with Crippen molar-refractivity contribution in [2.24, 2.45) is 0 Å². The van der Waals surface area contributed by atoms with Crippen LogP contribution in [0.1, 0.15) is 39.5 Å². The number of amides is 1.